The summed E-state index contributed by atoms with van der Waals surface area (Å²) in [5, 5.41) is 12.1. The first kappa shape index (κ1) is 15.8. The molecule has 2 rings (SSSR count). The van der Waals surface area contributed by atoms with Crippen LogP contribution in [0.5, 0.6) is 0 Å². The summed E-state index contributed by atoms with van der Waals surface area (Å²) in [6.45, 7) is 2.04. The van der Waals surface area contributed by atoms with Crippen molar-refractivity contribution in [3.8, 4) is 0 Å². The number of nitrogens with one attached hydrogen (secondary N) is 1. The average Bonchev–Trinajstić information content (AvgIpc) is 2.53. The number of hydrogen-bond donors (Lipinski definition) is 2. The van der Waals surface area contributed by atoms with Gasteiger partial charge in [-0.1, -0.05) is 49.4 Å². The van der Waals surface area contributed by atoms with Crippen molar-refractivity contribution in [2.75, 3.05) is 5.32 Å². The van der Waals surface area contributed by atoms with Crippen LogP contribution in [0.15, 0.2) is 54.6 Å². The zero-order valence-corrected chi connectivity index (χ0v) is 12.5. The molecule has 2 aromatic carbocycles. The molecule has 0 aliphatic carbocycles. The second-order valence-corrected chi connectivity index (χ2v) is 5.11. The highest BCUT2D eigenvalue weighted by molar-refractivity contribution is 5.94. The van der Waals surface area contributed by atoms with Crippen LogP contribution in [-0.2, 0) is 16.0 Å². The Hall–Kier alpha value is -2.62. The fraction of sp³-hybridized carbons (Fsp3) is 0.222. The zero-order valence-electron chi connectivity index (χ0n) is 12.5. The predicted molar refractivity (Wildman–Crippen MR) is 85.9 cm³/mol. The molecule has 0 aliphatic rings. The molecule has 0 radical (unpaired) electrons. The summed E-state index contributed by atoms with van der Waals surface area (Å²) in [4.78, 5) is 23.5. The molecule has 0 bridgehead atoms. The Labute approximate surface area is 129 Å². The van der Waals surface area contributed by atoms with Gasteiger partial charge in [-0.2, -0.15) is 0 Å². The lowest BCUT2D eigenvalue weighted by atomic mass is 9.95. The number of aryl methyl sites for hydroxylation is 1. The third-order valence-corrected chi connectivity index (χ3v) is 3.51. The van der Waals surface area contributed by atoms with Crippen molar-refractivity contribution in [3.63, 3.8) is 0 Å². The Morgan fingerprint density at radius 3 is 2.45 bits per heavy atom. The summed E-state index contributed by atoms with van der Waals surface area (Å²) in [5.41, 5.74) is 2.45. The molecule has 1 atom stereocenters. The topological polar surface area (TPSA) is 66.4 Å². The van der Waals surface area contributed by atoms with Gasteiger partial charge in [0, 0.05) is 12.1 Å². The fourth-order valence-corrected chi connectivity index (χ4v) is 2.30. The first-order chi connectivity index (χ1) is 10.6. The van der Waals surface area contributed by atoms with Gasteiger partial charge in [-0.3, -0.25) is 9.59 Å². The van der Waals surface area contributed by atoms with Crippen molar-refractivity contribution in [2.24, 2.45) is 0 Å². The van der Waals surface area contributed by atoms with E-state index < -0.39 is 11.9 Å². The lowest BCUT2D eigenvalue weighted by Crippen LogP contribution is -2.20. The van der Waals surface area contributed by atoms with Gasteiger partial charge in [-0.15, -0.1) is 0 Å². The molecule has 0 fully saturated rings. The second-order valence-electron chi connectivity index (χ2n) is 5.11. The zero-order chi connectivity index (χ0) is 15.9. The number of rotatable bonds is 6. The lowest BCUT2D eigenvalue weighted by molar-refractivity contribution is -0.140. The first-order valence-corrected chi connectivity index (χ1v) is 7.26. The number of carbonyl (C=O) groups is 2. The largest absolute Gasteiger partial charge is 0.481 e. The van der Waals surface area contributed by atoms with E-state index in [9.17, 15) is 14.7 Å². The van der Waals surface area contributed by atoms with Gasteiger partial charge in [0.25, 0.3) is 0 Å². The third kappa shape index (κ3) is 4.19. The van der Waals surface area contributed by atoms with Crippen LogP contribution in [0.2, 0.25) is 0 Å². The normalized spacial score (nSPS) is 11.7. The number of hydrogen-bond acceptors (Lipinski definition) is 2. The molecule has 1 amide bonds. The van der Waals surface area contributed by atoms with E-state index in [1.807, 2.05) is 31.2 Å². The van der Waals surface area contributed by atoms with E-state index in [0.29, 0.717) is 11.3 Å². The van der Waals surface area contributed by atoms with E-state index >= 15 is 0 Å². The second kappa shape index (κ2) is 7.41. The number of anilines is 1. The van der Waals surface area contributed by atoms with Crippen molar-refractivity contribution in [3.05, 3.63) is 65.7 Å². The van der Waals surface area contributed by atoms with Gasteiger partial charge in [0.05, 0.1) is 5.92 Å². The van der Waals surface area contributed by atoms with Crippen molar-refractivity contribution < 1.29 is 14.7 Å². The molecule has 22 heavy (non-hydrogen) atoms. The summed E-state index contributed by atoms with van der Waals surface area (Å²) in [5.74, 6) is -2.14. The Morgan fingerprint density at radius 2 is 1.82 bits per heavy atom. The molecule has 0 spiro atoms. The molecule has 0 aliphatic heterocycles. The standard InChI is InChI=1S/C18H19NO3/c1-2-13-7-6-10-15(11-13)19-17(20)12-16(18(21)22)14-8-4-3-5-9-14/h3-11,16H,2,12H2,1H3,(H,19,20)(H,21,22)/t16-/m1/s1. The van der Waals surface area contributed by atoms with Crippen LogP contribution in [0, 0.1) is 0 Å². The number of carboxylic acids is 1. The smallest absolute Gasteiger partial charge is 0.311 e. The highest BCUT2D eigenvalue weighted by Gasteiger charge is 2.23. The Morgan fingerprint density at radius 1 is 1.09 bits per heavy atom. The van der Waals surface area contributed by atoms with Crippen LogP contribution in [0.3, 0.4) is 0 Å². The molecule has 0 heterocycles. The van der Waals surface area contributed by atoms with Gasteiger partial charge >= 0.3 is 5.97 Å². The molecule has 0 saturated carbocycles. The number of aliphatic carboxylic acids is 1. The van der Waals surface area contributed by atoms with Gasteiger partial charge < -0.3 is 10.4 Å². The SMILES string of the molecule is CCc1cccc(NC(=O)C[C@@H](C(=O)O)c2ccccc2)c1. The predicted octanol–water partition coefficient (Wildman–Crippen LogP) is 3.45. The highest BCUT2D eigenvalue weighted by atomic mass is 16.4. The summed E-state index contributed by atoms with van der Waals surface area (Å²) < 4.78 is 0. The van der Waals surface area contributed by atoms with Gasteiger partial charge in [0.1, 0.15) is 0 Å². The molecule has 0 aromatic heterocycles. The molecule has 2 aromatic rings. The van der Waals surface area contributed by atoms with Gasteiger partial charge in [-0.05, 0) is 29.7 Å². The van der Waals surface area contributed by atoms with E-state index in [1.54, 1.807) is 30.3 Å². The van der Waals surface area contributed by atoms with E-state index in [1.165, 1.54) is 0 Å². The summed E-state index contributed by atoms with van der Waals surface area (Å²) in [6.07, 6.45) is 0.793. The monoisotopic (exact) mass is 297 g/mol. The van der Waals surface area contributed by atoms with Crippen molar-refractivity contribution in [1.29, 1.82) is 0 Å². The molecule has 114 valence electrons. The van der Waals surface area contributed by atoms with Crippen LogP contribution in [0.1, 0.15) is 30.4 Å². The molecule has 2 N–H and O–H groups in total. The minimum Gasteiger partial charge on any atom is -0.481 e. The minimum absolute atomic E-state index is 0.0876. The molecular weight excluding hydrogens is 278 g/mol. The molecule has 4 nitrogen and oxygen atoms in total. The minimum atomic E-state index is -0.997. The van der Waals surface area contributed by atoms with Crippen LogP contribution in [0.25, 0.3) is 0 Å². The number of carboxylic acid groups (broad SMARTS) is 1. The summed E-state index contributed by atoms with van der Waals surface area (Å²) in [7, 11) is 0. The average molecular weight is 297 g/mol. The maximum atomic E-state index is 12.1. The molecular formula is C18H19NO3. The van der Waals surface area contributed by atoms with Crippen molar-refractivity contribution in [1.82, 2.24) is 0 Å². The van der Waals surface area contributed by atoms with Crippen molar-refractivity contribution in [2.45, 2.75) is 25.7 Å². The van der Waals surface area contributed by atoms with E-state index in [-0.39, 0.29) is 12.3 Å². The maximum Gasteiger partial charge on any atom is 0.311 e. The van der Waals surface area contributed by atoms with Gasteiger partial charge in [-0.25, -0.2) is 0 Å². The first-order valence-electron chi connectivity index (χ1n) is 7.26. The fourth-order valence-electron chi connectivity index (χ4n) is 2.30. The van der Waals surface area contributed by atoms with Crippen LogP contribution in [-0.4, -0.2) is 17.0 Å². The summed E-state index contributed by atoms with van der Waals surface area (Å²) in [6, 6.07) is 16.4. The van der Waals surface area contributed by atoms with Crippen LogP contribution < -0.4 is 5.32 Å². The highest BCUT2D eigenvalue weighted by Crippen LogP contribution is 2.21. The molecule has 4 heteroatoms. The number of carbonyl (C=O) groups excluding carboxylic acids is 1. The quantitative estimate of drug-likeness (QED) is 0.858. The maximum absolute atomic E-state index is 12.1. The Kier molecular flexibility index (Phi) is 5.31. The van der Waals surface area contributed by atoms with Crippen molar-refractivity contribution >= 4 is 17.6 Å². The Balaban J connectivity index is 2.07. The van der Waals surface area contributed by atoms with Crippen LogP contribution in [0.4, 0.5) is 5.69 Å². The van der Waals surface area contributed by atoms with E-state index in [2.05, 4.69) is 5.32 Å². The van der Waals surface area contributed by atoms with E-state index in [0.717, 1.165) is 12.0 Å². The van der Waals surface area contributed by atoms with Crippen LogP contribution >= 0.6 is 0 Å². The number of benzene rings is 2. The third-order valence-electron chi connectivity index (χ3n) is 3.51. The molecule has 0 saturated heterocycles. The number of amides is 1. The lowest BCUT2D eigenvalue weighted by Gasteiger charge is -2.13. The van der Waals surface area contributed by atoms with Gasteiger partial charge in [0.2, 0.25) is 5.91 Å². The van der Waals surface area contributed by atoms with E-state index in [4.69, 9.17) is 0 Å². The van der Waals surface area contributed by atoms with Gasteiger partial charge in [0.15, 0.2) is 0 Å². The summed E-state index contributed by atoms with van der Waals surface area (Å²) >= 11 is 0. The Bertz CT molecular complexity index is 652. The molecule has 0 unspecified atom stereocenters.